The van der Waals surface area contributed by atoms with Crippen LogP contribution in [0.15, 0.2) is 41.8 Å². The Balaban J connectivity index is 1.73. The van der Waals surface area contributed by atoms with E-state index in [-0.39, 0.29) is 25.2 Å². The highest BCUT2D eigenvalue weighted by atomic mass is 32.1. The zero-order valence-electron chi connectivity index (χ0n) is 12.8. The van der Waals surface area contributed by atoms with E-state index < -0.39 is 6.10 Å². The number of carbonyl (C=O) groups is 1. The number of hydrogen-bond acceptors (Lipinski definition) is 4. The van der Waals surface area contributed by atoms with E-state index >= 15 is 0 Å². The summed E-state index contributed by atoms with van der Waals surface area (Å²) in [7, 11) is 0. The monoisotopic (exact) mass is 319 g/mol. The Bertz CT molecular complexity index is 597. The maximum Gasteiger partial charge on any atom is 0.261 e. The van der Waals surface area contributed by atoms with Gasteiger partial charge in [-0.1, -0.05) is 30.3 Å². The maximum absolute atomic E-state index is 11.9. The van der Waals surface area contributed by atoms with Crippen LogP contribution >= 0.6 is 11.3 Å². The number of benzene rings is 1. The lowest BCUT2D eigenvalue weighted by molar-refractivity contribution is -0.00170. The molecule has 1 amide bonds. The van der Waals surface area contributed by atoms with Crippen LogP contribution in [0.5, 0.6) is 0 Å². The van der Waals surface area contributed by atoms with Crippen molar-refractivity contribution in [3.8, 4) is 0 Å². The summed E-state index contributed by atoms with van der Waals surface area (Å²) < 4.78 is 5.64. The van der Waals surface area contributed by atoms with Crippen LogP contribution < -0.4 is 5.32 Å². The predicted octanol–water partition coefficient (Wildman–Crippen LogP) is 2.93. The molecule has 2 aromatic rings. The fourth-order valence-electron chi connectivity index (χ4n) is 2.03. The fraction of sp³-hybridized carbons (Fsp3) is 0.353. The number of aliphatic hydroxyl groups is 1. The number of aliphatic hydroxyl groups excluding tert-OH is 1. The standard InChI is InChI=1S/C17H21NO3S/c1-12-8-9-22-16(12)17(20)18-10-15(19)11-21-13(2)14-6-4-3-5-7-14/h3-9,13,15,19H,10-11H2,1-2H3,(H,18,20)/t13-,15+/m1/s1. The second-order valence-electron chi connectivity index (χ2n) is 5.18. The number of rotatable bonds is 7. The third kappa shape index (κ3) is 4.66. The van der Waals surface area contributed by atoms with Gasteiger partial charge >= 0.3 is 0 Å². The molecule has 2 N–H and O–H groups in total. The Hall–Kier alpha value is -1.69. The third-order valence-corrected chi connectivity index (χ3v) is 4.39. The summed E-state index contributed by atoms with van der Waals surface area (Å²) in [6.07, 6.45) is -0.818. The first-order valence-corrected chi connectivity index (χ1v) is 8.12. The lowest BCUT2D eigenvalue weighted by Crippen LogP contribution is -2.34. The van der Waals surface area contributed by atoms with Crippen molar-refractivity contribution in [2.75, 3.05) is 13.2 Å². The van der Waals surface area contributed by atoms with Crippen molar-refractivity contribution in [2.45, 2.75) is 26.1 Å². The molecule has 118 valence electrons. The molecule has 2 rings (SSSR count). The molecule has 0 unspecified atom stereocenters. The highest BCUT2D eigenvalue weighted by Gasteiger charge is 2.13. The molecule has 0 radical (unpaired) electrons. The first kappa shape index (κ1) is 16.7. The van der Waals surface area contributed by atoms with Gasteiger partial charge < -0.3 is 15.2 Å². The van der Waals surface area contributed by atoms with Crippen molar-refractivity contribution in [3.63, 3.8) is 0 Å². The van der Waals surface area contributed by atoms with E-state index in [2.05, 4.69) is 5.32 Å². The summed E-state index contributed by atoms with van der Waals surface area (Å²) in [4.78, 5) is 12.6. The Labute approximate surface area is 134 Å². The molecule has 1 aromatic heterocycles. The van der Waals surface area contributed by atoms with Gasteiger partial charge in [0.1, 0.15) is 0 Å². The number of aryl methyl sites for hydroxylation is 1. The summed E-state index contributed by atoms with van der Waals surface area (Å²) in [5, 5.41) is 14.5. The molecule has 22 heavy (non-hydrogen) atoms. The second kappa shape index (κ2) is 8.08. The van der Waals surface area contributed by atoms with Crippen LogP contribution in [0.2, 0.25) is 0 Å². The fourth-order valence-corrected chi connectivity index (χ4v) is 2.87. The van der Waals surface area contributed by atoms with Crippen LogP contribution in [0.4, 0.5) is 0 Å². The highest BCUT2D eigenvalue weighted by molar-refractivity contribution is 7.12. The quantitative estimate of drug-likeness (QED) is 0.825. The summed E-state index contributed by atoms with van der Waals surface area (Å²) in [5.74, 6) is -0.150. The van der Waals surface area contributed by atoms with Crippen LogP contribution in [0.3, 0.4) is 0 Å². The average Bonchev–Trinajstić information content (AvgIpc) is 2.97. The minimum Gasteiger partial charge on any atom is -0.389 e. The van der Waals surface area contributed by atoms with Gasteiger partial charge in [0.15, 0.2) is 0 Å². The lowest BCUT2D eigenvalue weighted by Gasteiger charge is -2.17. The van der Waals surface area contributed by atoms with E-state index in [0.29, 0.717) is 4.88 Å². The molecule has 0 saturated heterocycles. The van der Waals surface area contributed by atoms with Crippen LogP contribution in [0, 0.1) is 6.92 Å². The van der Waals surface area contributed by atoms with Gasteiger partial charge in [-0.3, -0.25) is 4.79 Å². The van der Waals surface area contributed by atoms with E-state index in [1.54, 1.807) is 0 Å². The first-order chi connectivity index (χ1) is 10.6. The molecular formula is C17H21NO3S. The second-order valence-corrected chi connectivity index (χ2v) is 6.10. The van der Waals surface area contributed by atoms with Crippen molar-refractivity contribution in [3.05, 3.63) is 57.8 Å². The van der Waals surface area contributed by atoms with Crippen molar-refractivity contribution >= 4 is 17.2 Å². The zero-order chi connectivity index (χ0) is 15.9. The number of thiophene rings is 1. The maximum atomic E-state index is 11.9. The minimum atomic E-state index is -0.726. The molecule has 0 spiro atoms. The van der Waals surface area contributed by atoms with Crippen LogP contribution in [-0.4, -0.2) is 30.3 Å². The summed E-state index contributed by atoms with van der Waals surface area (Å²) in [5.41, 5.74) is 2.01. The van der Waals surface area contributed by atoms with E-state index in [1.807, 2.05) is 55.6 Å². The lowest BCUT2D eigenvalue weighted by atomic mass is 10.1. The topological polar surface area (TPSA) is 58.6 Å². The Morgan fingerprint density at radius 1 is 1.32 bits per heavy atom. The van der Waals surface area contributed by atoms with Gasteiger partial charge in [-0.15, -0.1) is 11.3 Å². The smallest absolute Gasteiger partial charge is 0.261 e. The number of ether oxygens (including phenoxy) is 1. The molecular weight excluding hydrogens is 298 g/mol. The SMILES string of the molecule is Cc1ccsc1C(=O)NC[C@H](O)CO[C@H](C)c1ccccc1. The molecule has 0 saturated carbocycles. The van der Waals surface area contributed by atoms with Crippen molar-refractivity contribution in [1.82, 2.24) is 5.32 Å². The van der Waals surface area contributed by atoms with Gasteiger partial charge in [-0.25, -0.2) is 0 Å². The molecule has 4 nitrogen and oxygen atoms in total. The molecule has 1 heterocycles. The van der Waals surface area contributed by atoms with E-state index in [9.17, 15) is 9.90 Å². The molecule has 5 heteroatoms. The molecule has 0 bridgehead atoms. The average molecular weight is 319 g/mol. The van der Waals surface area contributed by atoms with E-state index in [1.165, 1.54) is 11.3 Å². The van der Waals surface area contributed by atoms with Gasteiger partial charge in [0.2, 0.25) is 0 Å². The first-order valence-electron chi connectivity index (χ1n) is 7.25. The van der Waals surface area contributed by atoms with Gasteiger partial charge in [-0.05, 0) is 36.4 Å². The van der Waals surface area contributed by atoms with Gasteiger partial charge in [-0.2, -0.15) is 0 Å². The molecule has 0 fully saturated rings. The van der Waals surface area contributed by atoms with Gasteiger partial charge in [0, 0.05) is 6.54 Å². The Morgan fingerprint density at radius 2 is 2.05 bits per heavy atom. The number of carbonyl (C=O) groups excluding carboxylic acids is 1. The van der Waals surface area contributed by atoms with Crippen LogP contribution in [0.25, 0.3) is 0 Å². The van der Waals surface area contributed by atoms with Crippen LogP contribution in [0.1, 0.15) is 33.8 Å². The minimum absolute atomic E-state index is 0.0916. The largest absolute Gasteiger partial charge is 0.389 e. The zero-order valence-corrected chi connectivity index (χ0v) is 13.6. The molecule has 2 atom stereocenters. The molecule has 0 aliphatic carbocycles. The van der Waals surface area contributed by atoms with Gasteiger partial charge in [0.25, 0.3) is 5.91 Å². The van der Waals surface area contributed by atoms with Crippen LogP contribution in [-0.2, 0) is 4.74 Å². The summed E-state index contributed by atoms with van der Waals surface area (Å²) in [6.45, 7) is 4.19. The molecule has 1 aromatic carbocycles. The summed E-state index contributed by atoms with van der Waals surface area (Å²) >= 11 is 1.40. The number of nitrogens with one attached hydrogen (secondary N) is 1. The third-order valence-electron chi connectivity index (χ3n) is 3.37. The Kier molecular flexibility index (Phi) is 6.12. The van der Waals surface area contributed by atoms with Crippen molar-refractivity contribution < 1.29 is 14.6 Å². The Morgan fingerprint density at radius 3 is 2.68 bits per heavy atom. The van der Waals surface area contributed by atoms with E-state index in [4.69, 9.17) is 4.74 Å². The molecule has 0 aliphatic heterocycles. The van der Waals surface area contributed by atoms with Crippen molar-refractivity contribution in [2.24, 2.45) is 0 Å². The highest BCUT2D eigenvalue weighted by Crippen LogP contribution is 2.16. The molecule has 0 aliphatic rings. The predicted molar refractivity (Wildman–Crippen MR) is 88.2 cm³/mol. The number of hydrogen-bond donors (Lipinski definition) is 2. The van der Waals surface area contributed by atoms with Gasteiger partial charge in [0.05, 0.1) is 23.7 Å². The summed E-state index contributed by atoms with van der Waals surface area (Å²) in [6, 6.07) is 11.7. The normalized spacial score (nSPS) is 13.6. The van der Waals surface area contributed by atoms with E-state index in [0.717, 1.165) is 11.1 Å². The van der Waals surface area contributed by atoms with Crippen molar-refractivity contribution in [1.29, 1.82) is 0 Å². The number of amides is 1.